The minimum absolute atomic E-state index is 1.19. The van der Waals surface area contributed by atoms with E-state index in [0.717, 1.165) is 0 Å². The summed E-state index contributed by atoms with van der Waals surface area (Å²) in [5.41, 5.74) is 0. The molecular weight excluding hydrogens is 266 g/mol. The van der Waals surface area contributed by atoms with E-state index in [0.29, 0.717) is 0 Å². The SMILES string of the molecule is CCCCCCCC/C=C\CCCCCCCCCCNC. The highest BCUT2D eigenvalue weighted by molar-refractivity contribution is 4.81. The molecule has 0 unspecified atom stereocenters. The van der Waals surface area contributed by atoms with Crippen LogP contribution in [0.25, 0.3) is 0 Å². The van der Waals surface area contributed by atoms with E-state index in [1.807, 2.05) is 7.05 Å². The fraction of sp³-hybridized carbons (Fsp3) is 0.905. The van der Waals surface area contributed by atoms with Crippen LogP contribution in [0.5, 0.6) is 0 Å². The van der Waals surface area contributed by atoms with Crippen molar-refractivity contribution in [3.63, 3.8) is 0 Å². The molecule has 0 saturated carbocycles. The van der Waals surface area contributed by atoms with Crippen molar-refractivity contribution in [3.05, 3.63) is 12.2 Å². The summed E-state index contributed by atoms with van der Waals surface area (Å²) < 4.78 is 0. The first-order valence-electron chi connectivity index (χ1n) is 10.2. The number of hydrogen-bond donors (Lipinski definition) is 1. The molecule has 22 heavy (non-hydrogen) atoms. The molecule has 1 nitrogen and oxygen atoms in total. The highest BCUT2D eigenvalue weighted by Gasteiger charge is 1.92. The van der Waals surface area contributed by atoms with Crippen LogP contribution in [0, 0.1) is 0 Å². The average Bonchev–Trinajstić information content (AvgIpc) is 2.54. The molecule has 0 spiro atoms. The van der Waals surface area contributed by atoms with Gasteiger partial charge < -0.3 is 5.32 Å². The van der Waals surface area contributed by atoms with Gasteiger partial charge in [-0.1, -0.05) is 89.7 Å². The van der Waals surface area contributed by atoms with E-state index in [9.17, 15) is 0 Å². The van der Waals surface area contributed by atoms with Crippen molar-refractivity contribution in [2.24, 2.45) is 0 Å². The van der Waals surface area contributed by atoms with Gasteiger partial charge in [-0.3, -0.25) is 0 Å². The van der Waals surface area contributed by atoms with E-state index in [-0.39, 0.29) is 0 Å². The predicted molar refractivity (Wildman–Crippen MR) is 103 cm³/mol. The van der Waals surface area contributed by atoms with Gasteiger partial charge in [-0.05, 0) is 45.7 Å². The number of rotatable bonds is 18. The summed E-state index contributed by atoms with van der Waals surface area (Å²) >= 11 is 0. The van der Waals surface area contributed by atoms with Gasteiger partial charge in [-0.2, -0.15) is 0 Å². The fourth-order valence-corrected chi connectivity index (χ4v) is 2.90. The van der Waals surface area contributed by atoms with Crippen LogP contribution in [0.15, 0.2) is 12.2 Å². The molecule has 0 amide bonds. The summed E-state index contributed by atoms with van der Waals surface area (Å²) in [4.78, 5) is 0. The summed E-state index contributed by atoms with van der Waals surface area (Å²) in [6.07, 6.45) is 27.3. The number of unbranched alkanes of at least 4 members (excludes halogenated alkanes) is 14. The van der Waals surface area contributed by atoms with Crippen molar-refractivity contribution in [2.75, 3.05) is 13.6 Å². The minimum atomic E-state index is 1.19. The fourth-order valence-electron chi connectivity index (χ4n) is 2.90. The third-order valence-electron chi connectivity index (χ3n) is 4.44. The van der Waals surface area contributed by atoms with Gasteiger partial charge >= 0.3 is 0 Å². The molecule has 0 atom stereocenters. The third-order valence-corrected chi connectivity index (χ3v) is 4.44. The van der Waals surface area contributed by atoms with Crippen molar-refractivity contribution in [2.45, 2.75) is 110 Å². The number of hydrogen-bond acceptors (Lipinski definition) is 1. The van der Waals surface area contributed by atoms with Crippen molar-refractivity contribution in [1.29, 1.82) is 0 Å². The quantitative estimate of drug-likeness (QED) is 0.212. The van der Waals surface area contributed by atoms with Gasteiger partial charge in [-0.15, -0.1) is 0 Å². The van der Waals surface area contributed by atoms with Gasteiger partial charge in [0, 0.05) is 0 Å². The van der Waals surface area contributed by atoms with E-state index < -0.39 is 0 Å². The molecule has 0 aliphatic carbocycles. The molecule has 0 heterocycles. The lowest BCUT2D eigenvalue weighted by molar-refractivity contribution is 0.562. The van der Waals surface area contributed by atoms with Crippen LogP contribution in [0.1, 0.15) is 110 Å². The molecule has 0 aliphatic heterocycles. The lowest BCUT2D eigenvalue weighted by Crippen LogP contribution is -2.06. The Hall–Kier alpha value is -0.300. The summed E-state index contributed by atoms with van der Waals surface area (Å²) in [5.74, 6) is 0. The zero-order chi connectivity index (χ0) is 16.1. The summed E-state index contributed by atoms with van der Waals surface area (Å²) in [7, 11) is 2.04. The second kappa shape index (κ2) is 20.7. The van der Waals surface area contributed by atoms with Gasteiger partial charge in [-0.25, -0.2) is 0 Å². The normalized spacial score (nSPS) is 11.5. The Morgan fingerprint density at radius 3 is 1.41 bits per heavy atom. The third kappa shape index (κ3) is 19.7. The molecule has 0 aromatic rings. The van der Waals surface area contributed by atoms with Crippen LogP contribution in [0.4, 0.5) is 0 Å². The molecular formula is C21H43N. The van der Waals surface area contributed by atoms with Crippen molar-refractivity contribution in [3.8, 4) is 0 Å². The second-order valence-corrected chi connectivity index (χ2v) is 6.75. The Balaban J connectivity index is 3.02. The van der Waals surface area contributed by atoms with Crippen LogP contribution in [0.2, 0.25) is 0 Å². The topological polar surface area (TPSA) is 12.0 Å². The zero-order valence-electron chi connectivity index (χ0n) is 15.7. The Bertz CT molecular complexity index is 210. The zero-order valence-corrected chi connectivity index (χ0v) is 15.7. The number of allylic oxidation sites excluding steroid dienone is 2. The maximum atomic E-state index is 3.22. The smallest absolute Gasteiger partial charge is 0.00519 e. The first kappa shape index (κ1) is 21.7. The maximum absolute atomic E-state index is 3.22. The Kier molecular flexibility index (Phi) is 20.4. The first-order valence-corrected chi connectivity index (χ1v) is 10.2. The van der Waals surface area contributed by atoms with Crippen molar-refractivity contribution >= 4 is 0 Å². The molecule has 0 bridgehead atoms. The second-order valence-electron chi connectivity index (χ2n) is 6.75. The number of nitrogens with one attached hydrogen (secondary N) is 1. The van der Waals surface area contributed by atoms with E-state index in [1.165, 1.54) is 109 Å². The van der Waals surface area contributed by atoms with Crippen molar-refractivity contribution in [1.82, 2.24) is 5.32 Å². The van der Waals surface area contributed by atoms with Crippen LogP contribution in [-0.4, -0.2) is 13.6 Å². The predicted octanol–water partition coefficient (Wildman–Crippen LogP) is 7.02. The van der Waals surface area contributed by atoms with E-state index >= 15 is 0 Å². The van der Waals surface area contributed by atoms with E-state index in [4.69, 9.17) is 0 Å². The molecule has 0 radical (unpaired) electrons. The monoisotopic (exact) mass is 309 g/mol. The lowest BCUT2D eigenvalue weighted by Gasteiger charge is -2.01. The molecule has 1 N–H and O–H groups in total. The highest BCUT2D eigenvalue weighted by Crippen LogP contribution is 2.11. The molecule has 0 fully saturated rings. The van der Waals surface area contributed by atoms with Crippen LogP contribution >= 0.6 is 0 Å². The standard InChI is InChI=1S/C21H43N/c1-3-4-5-6-7-8-9-10-11-12-13-14-15-16-17-18-19-20-21-22-2/h10-11,22H,3-9,12-21H2,1-2H3/b11-10-. The summed E-state index contributed by atoms with van der Waals surface area (Å²) in [6, 6.07) is 0. The van der Waals surface area contributed by atoms with Gasteiger partial charge in [0.25, 0.3) is 0 Å². The lowest BCUT2D eigenvalue weighted by atomic mass is 10.1. The van der Waals surface area contributed by atoms with E-state index in [1.54, 1.807) is 0 Å². The van der Waals surface area contributed by atoms with Crippen LogP contribution in [-0.2, 0) is 0 Å². The highest BCUT2D eigenvalue weighted by atomic mass is 14.8. The maximum Gasteiger partial charge on any atom is -0.00519 e. The molecule has 0 aromatic carbocycles. The molecule has 132 valence electrons. The molecule has 0 saturated heterocycles. The van der Waals surface area contributed by atoms with Crippen LogP contribution < -0.4 is 5.32 Å². The summed E-state index contributed by atoms with van der Waals surface area (Å²) in [5, 5.41) is 3.22. The molecule has 0 aromatic heterocycles. The molecule has 0 aliphatic rings. The largest absolute Gasteiger partial charge is 0.320 e. The van der Waals surface area contributed by atoms with E-state index in [2.05, 4.69) is 24.4 Å². The minimum Gasteiger partial charge on any atom is -0.320 e. The molecule has 0 rings (SSSR count). The first-order chi connectivity index (χ1) is 10.9. The average molecular weight is 310 g/mol. The Morgan fingerprint density at radius 2 is 0.955 bits per heavy atom. The van der Waals surface area contributed by atoms with Gasteiger partial charge in [0.15, 0.2) is 0 Å². The molecule has 1 heteroatoms. The Labute approximate surface area is 141 Å². The van der Waals surface area contributed by atoms with Crippen LogP contribution in [0.3, 0.4) is 0 Å². The summed E-state index contributed by atoms with van der Waals surface area (Å²) in [6.45, 7) is 3.47. The van der Waals surface area contributed by atoms with Gasteiger partial charge in [0.1, 0.15) is 0 Å². The Morgan fingerprint density at radius 1 is 0.545 bits per heavy atom. The van der Waals surface area contributed by atoms with Crippen molar-refractivity contribution < 1.29 is 0 Å². The van der Waals surface area contributed by atoms with Gasteiger partial charge in [0.05, 0.1) is 0 Å². The van der Waals surface area contributed by atoms with Gasteiger partial charge in [0.2, 0.25) is 0 Å².